The average Bonchev–Trinajstić information content (AvgIpc) is 2.80. The van der Waals surface area contributed by atoms with E-state index in [0.717, 1.165) is 12.8 Å². The molecule has 0 unspecified atom stereocenters. The zero-order valence-electron chi connectivity index (χ0n) is 7.20. The van der Waals surface area contributed by atoms with Crippen LogP contribution >= 0.6 is 0 Å². The molecule has 1 aromatic rings. The molecule has 0 amide bonds. The van der Waals surface area contributed by atoms with E-state index in [1.54, 1.807) is 0 Å². The molecular weight excluding hydrogens is 172 g/mol. The number of aromatic carboxylic acids is 1. The normalized spacial score (nSPS) is 16.1. The summed E-state index contributed by atoms with van der Waals surface area (Å²) in [4.78, 5) is 22.1. The SMILES string of the molecule is Cn1[nH]c(C2CC2)c(C(=O)O)c1=O. The molecule has 0 bridgehead atoms. The lowest BCUT2D eigenvalue weighted by Gasteiger charge is -1.92. The Labute approximate surface area is 74.0 Å². The maximum absolute atomic E-state index is 11.3. The van der Waals surface area contributed by atoms with Gasteiger partial charge < -0.3 is 5.11 Å². The minimum atomic E-state index is -1.14. The average molecular weight is 182 g/mol. The third kappa shape index (κ3) is 1.16. The molecule has 0 atom stereocenters. The second kappa shape index (κ2) is 2.48. The molecule has 1 fully saturated rings. The summed E-state index contributed by atoms with van der Waals surface area (Å²) in [6.45, 7) is 0. The zero-order chi connectivity index (χ0) is 9.59. The summed E-state index contributed by atoms with van der Waals surface area (Å²) in [5.41, 5.74) is 0.0411. The molecule has 13 heavy (non-hydrogen) atoms. The molecule has 0 aromatic carbocycles. The van der Waals surface area contributed by atoms with E-state index in [0.29, 0.717) is 5.69 Å². The molecular formula is C8H10N2O3. The van der Waals surface area contributed by atoms with E-state index in [-0.39, 0.29) is 11.5 Å². The van der Waals surface area contributed by atoms with Crippen LogP contribution in [0.1, 0.15) is 34.8 Å². The molecule has 1 heterocycles. The highest BCUT2D eigenvalue weighted by Crippen LogP contribution is 2.39. The van der Waals surface area contributed by atoms with Crippen molar-refractivity contribution in [1.82, 2.24) is 9.78 Å². The Bertz CT molecular complexity index is 412. The van der Waals surface area contributed by atoms with Crippen molar-refractivity contribution in [2.24, 2.45) is 7.05 Å². The Morgan fingerprint density at radius 2 is 2.23 bits per heavy atom. The zero-order valence-corrected chi connectivity index (χ0v) is 7.20. The fraction of sp³-hybridized carbons (Fsp3) is 0.500. The summed E-state index contributed by atoms with van der Waals surface area (Å²) in [7, 11) is 1.53. The lowest BCUT2D eigenvalue weighted by molar-refractivity contribution is 0.0694. The predicted molar refractivity (Wildman–Crippen MR) is 45.0 cm³/mol. The first kappa shape index (κ1) is 8.10. The maximum Gasteiger partial charge on any atom is 0.343 e. The number of carboxylic acid groups (broad SMARTS) is 1. The molecule has 0 saturated heterocycles. The third-order valence-corrected chi connectivity index (χ3v) is 2.28. The molecule has 1 aliphatic carbocycles. The van der Waals surface area contributed by atoms with Gasteiger partial charge in [0.1, 0.15) is 5.56 Å². The summed E-state index contributed by atoms with van der Waals surface area (Å²) < 4.78 is 1.22. The second-order valence-corrected chi connectivity index (χ2v) is 3.34. The van der Waals surface area contributed by atoms with Crippen molar-refractivity contribution in [3.8, 4) is 0 Å². The van der Waals surface area contributed by atoms with Crippen LogP contribution < -0.4 is 5.56 Å². The number of rotatable bonds is 2. The second-order valence-electron chi connectivity index (χ2n) is 3.34. The van der Waals surface area contributed by atoms with Crippen LogP contribution in [0.2, 0.25) is 0 Å². The number of carbonyl (C=O) groups is 1. The Morgan fingerprint density at radius 1 is 1.62 bits per heavy atom. The topological polar surface area (TPSA) is 75.1 Å². The number of hydrogen-bond acceptors (Lipinski definition) is 2. The van der Waals surface area contributed by atoms with Gasteiger partial charge in [0.05, 0.1) is 5.69 Å². The molecule has 1 aliphatic rings. The number of nitrogens with one attached hydrogen (secondary N) is 1. The summed E-state index contributed by atoms with van der Waals surface area (Å²) in [5.74, 6) is -0.885. The van der Waals surface area contributed by atoms with Gasteiger partial charge in [-0.15, -0.1) is 0 Å². The Balaban J connectivity index is 2.61. The van der Waals surface area contributed by atoms with Crippen LogP contribution in [0.25, 0.3) is 0 Å². The van der Waals surface area contributed by atoms with E-state index in [1.165, 1.54) is 11.7 Å². The van der Waals surface area contributed by atoms with Crippen molar-refractivity contribution in [3.63, 3.8) is 0 Å². The molecule has 2 rings (SSSR count). The van der Waals surface area contributed by atoms with Crippen molar-refractivity contribution < 1.29 is 9.90 Å². The molecule has 1 saturated carbocycles. The summed E-state index contributed by atoms with van der Waals surface area (Å²) in [6.07, 6.45) is 1.94. The van der Waals surface area contributed by atoms with Crippen LogP contribution in [0.15, 0.2) is 4.79 Å². The third-order valence-electron chi connectivity index (χ3n) is 2.28. The first-order chi connectivity index (χ1) is 6.11. The molecule has 5 nitrogen and oxygen atoms in total. The Kier molecular flexibility index (Phi) is 1.55. The van der Waals surface area contributed by atoms with Gasteiger partial charge >= 0.3 is 5.97 Å². The first-order valence-corrected chi connectivity index (χ1v) is 4.13. The van der Waals surface area contributed by atoms with Gasteiger partial charge in [0.15, 0.2) is 0 Å². The molecule has 1 aromatic heterocycles. The summed E-state index contributed by atoms with van der Waals surface area (Å²) in [6, 6.07) is 0. The minimum Gasteiger partial charge on any atom is -0.477 e. The lowest BCUT2D eigenvalue weighted by Crippen LogP contribution is -2.18. The van der Waals surface area contributed by atoms with E-state index >= 15 is 0 Å². The van der Waals surface area contributed by atoms with E-state index in [9.17, 15) is 9.59 Å². The molecule has 0 spiro atoms. The van der Waals surface area contributed by atoms with Gasteiger partial charge in [-0.1, -0.05) is 0 Å². The molecule has 2 N–H and O–H groups in total. The number of aromatic amines is 1. The van der Waals surface area contributed by atoms with E-state index in [4.69, 9.17) is 5.11 Å². The largest absolute Gasteiger partial charge is 0.477 e. The highest BCUT2D eigenvalue weighted by Gasteiger charge is 2.32. The first-order valence-electron chi connectivity index (χ1n) is 4.13. The Morgan fingerprint density at radius 3 is 2.69 bits per heavy atom. The Hall–Kier alpha value is -1.52. The van der Waals surface area contributed by atoms with Gasteiger partial charge in [-0.3, -0.25) is 14.6 Å². The highest BCUT2D eigenvalue weighted by molar-refractivity contribution is 5.88. The van der Waals surface area contributed by atoms with Crippen molar-refractivity contribution in [3.05, 3.63) is 21.6 Å². The van der Waals surface area contributed by atoms with Gasteiger partial charge in [0.2, 0.25) is 0 Å². The van der Waals surface area contributed by atoms with E-state index < -0.39 is 11.5 Å². The molecule has 0 aliphatic heterocycles. The van der Waals surface area contributed by atoms with Gasteiger partial charge in [-0.05, 0) is 12.8 Å². The fourth-order valence-electron chi connectivity index (χ4n) is 1.44. The minimum absolute atomic E-state index is 0.0926. The number of carboxylic acids is 1. The lowest BCUT2D eigenvalue weighted by atomic mass is 10.2. The smallest absolute Gasteiger partial charge is 0.343 e. The summed E-state index contributed by atoms with van der Waals surface area (Å²) >= 11 is 0. The maximum atomic E-state index is 11.3. The van der Waals surface area contributed by atoms with Crippen LogP contribution in [0.4, 0.5) is 0 Å². The number of aromatic nitrogens is 2. The number of H-pyrrole nitrogens is 1. The van der Waals surface area contributed by atoms with Crippen molar-refractivity contribution in [2.75, 3.05) is 0 Å². The quantitative estimate of drug-likeness (QED) is 0.690. The van der Waals surface area contributed by atoms with Crippen LogP contribution in [0, 0.1) is 0 Å². The molecule has 5 heteroatoms. The fourth-order valence-corrected chi connectivity index (χ4v) is 1.44. The van der Waals surface area contributed by atoms with E-state index in [1.807, 2.05) is 0 Å². The van der Waals surface area contributed by atoms with Crippen LogP contribution in [0.3, 0.4) is 0 Å². The van der Waals surface area contributed by atoms with E-state index in [2.05, 4.69) is 5.10 Å². The van der Waals surface area contributed by atoms with Gasteiger partial charge in [0.25, 0.3) is 5.56 Å². The van der Waals surface area contributed by atoms with Crippen LogP contribution in [-0.2, 0) is 7.05 Å². The van der Waals surface area contributed by atoms with Crippen LogP contribution in [-0.4, -0.2) is 20.9 Å². The monoisotopic (exact) mass is 182 g/mol. The highest BCUT2D eigenvalue weighted by atomic mass is 16.4. The predicted octanol–water partition coefficient (Wildman–Crippen LogP) is 0.289. The number of aryl methyl sites for hydroxylation is 1. The molecule has 70 valence electrons. The number of hydrogen-bond donors (Lipinski definition) is 2. The van der Waals surface area contributed by atoms with Gasteiger partial charge in [-0.2, -0.15) is 0 Å². The van der Waals surface area contributed by atoms with Crippen molar-refractivity contribution in [1.29, 1.82) is 0 Å². The standard InChI is InChI=1S/C8H10N2O3/c1-10-7(11)5(8(12)13)6(9-10)4-2-3-4/h4,9H,2-3H2,1H3,(H,12,13). The number of nitrogens with zero attached hydrogens (tertiary/aromatic N) is 1. The summed E-state index contributed by atoms with van der Waals surface area (Å²) in [5, 5.41) is 11.6. The van der Waals surface area contributed by atoms with Crippen LogP contribution in [0.5, 0.6) is 0 Å². The van der Waals surface area contributed by atoms with Crippen molar-refractivity contribution >= 4 is 5.97 Å². The molecule has 0 radical (unpaired) electrons. The van der Waals surface area contributed by atoms with Gasteiger partial charge in [-0.25, -0.2) is 4.79 Å². The van der Waals surface area contributed by atoms with Gasteiger partial charge in [0, 0.05) is 13.0 Å². The van der Waals surface area contributed by atoms with Crippen molar-refractivity contribution in [2.45, 2.75) is 18.8 Å².